The Kier molecular flexibility index (Phi) is 15.5. The second kappa shape index (κ2) is 21.3. The molecule has 1 saturated carbocycles. The van der Waals surface area contributed by atoms with Crippen LogP contribution in [0.3, 0.4) is 0 Å². The van der Waals surface area contributed by atoms with Crippen molar-refractivity contribution in [1.82, 2.24) is 30.1 Å². The molecule has 4 aliphatic heterocycles. The molecule has 2 bridgehead atoms. The molecular weight excluding hydrogens is 929 g/mol. The van der Waals surface area contributed by atoms with Gasteiger partial charge >= 0.3 is 12.1 Å². The maximum atomic E-state index is 18.1. The van der Waals surface area contributed by atoms with E-state index in [9.17, 15) is 4.79 Å². The molecule has 6 heterocycles. The van der Waals surface area contributed by atoms with Gasteiger partial charge < -0.3 is 29.2 Å². The number of nitrogens with zero attached hydrogens (tertiary/aromatic N) is 6. The minimum Gasteiger partial charge on any atom is -0.468 e. The number of carbonyl (C=O) groups is 1. The highest BCUT2D eigenvalue weighted by Crippen LogP contribution is 2.47. The van der Waals surface area contributed by atoms with Gasteiger partial charge in [0.25, 0.3) is 0 Å². The number of nitrogens with one attached hydrogen (secondary N) is 1. The standard InChI is InChI=1S/C57H79F2N7O5Si/c1-36(2)72(37(3)4,38(5)6)27-19-45-48(58)16-13-40-28-44(70-35-68-10)29-46(49(40)45)51-50(59)52-47(30-61-51)53(65-32-41-14-15-42(33-65)66(41)55(67)71-56(7,8)9)63-54(62-52)69-34-43-12-11-26-64(43)31-39-17-20-57(21-18-39)22-24-60-25-23-57/h13,16,28-30,36-39,41-43,60H,11-12,14-15,17-18,20-26,31-35H2,1-10H3/t41?,42?,43-/m0/s1. The lowest BCUT2D eigenvalue weighted by Crippen LogP contribution is -2.57. The van der Waals surface area contributed by atoms with E-state index >= 15 is 8.78 Å². The summed E-state index contributed by atoms with van der Waals surface area (Å²) in [5, 5.41) is 5.05. The van der Waals surface area contributed by atoms with E-state index in [1.54, 1.807) is 18.3 Å². The van der Waals surface area contributed by atoms with Crippen molar-refractivity contribution in [1.29, 1.82) is 0 Å². The number of methoxy groups -OCH3 is 1. The van der Waals surface area contributed by atoms with E-state index in [1.807, 2.05) is 31.7 Å². The summed E-state index contributed by atoms with van der Waals surface area (Å²) in [5.74, 6) is 3.79. The minimum atomic E-state index is -2.32. The molecular formula is C57H79F2N7O5Si. The zero-order chi connectivity index (χ0) is 51.1. The van der Waals surface area contributed by atoms with E-state index in [2.05, 4.69) is 68.1 Å². The van der Waals surface area contributed by atoms with Crippen molar-refractivity contribution in [3.05, 3.63) is 47.7 Å². The lowest BCUT2D eigenvalue weighted by Gasteiger charge is -2.44. The lowest BCUT2D eigenvalue weighted by atomic mass is 9.65. The first kappa shape index (κ1) is 52.2. The van der Waals surface area contributed by atoms with E-state index in [0.717, 1.165) is 51.9 Å². The zero-order valence-electron chi connectivity index (χ0n) is 44.6. The highest BCUT2D eigenvalue weighted by Gasteiger charge is 2.46. The number of benzene rings is 2. The number of carbonyl (C=O) groups excluding carboxylic acids is 1. The number of likely N-dealkylation sites (tertiary alicyclic amines) is 1. The molecule has 5 fully saturated rings. The number of piperidine rings is 1. The molecule has 72 heavy (non-hydrogen) atoms. The topological polar surface area (TPSA) is 114 Å². The van der Waals surface area contributed by atoms with Gasteiger partial charge in [0.05, 0.1) is 23.0 Å². The maximum absolute atomic E-state index is 18.1. The molecule has 0 radical (unpaired) electrons. The smallest absolute Gasteiger partial charge is 0.410 e. The summed E-state index contributed by atoms with van der Waals surface area (Å²) >= 11 is 0. The van der Waals surface area contributed by atoms with Crippen LogP contribution in [0.4, 0.5) is 19.4 Å². The van der Waals surface area contributed by atoms with Gasteiger partial charge in [-0.3, -0.25) is 14.8 Å². The normalized spacial score (nSPS) is 21.9. The Bertz CT molecular complexity index is 2630. The SMILES string of the molecule is COCOc1cc(-c2ncc3c(N4CC5CCC(C4)N5C(=O)OC(C)(C)C)nc(OC[C@@H]4CCCN4CC4CCC5(CCNCC5)CC4)nc3c2F)c2c(C#C[Si](C(C)C)(C(C)C)C(C)C)c(F)ccc2c1. The van der Waals surface area contributed by atoms with Crippen LogP contribution in [0.1, 0.15) is 132 Å². The maximum Gasteiger partial charge on any atom is 0.410 e. The van der Waals surface area contributed by atoms with Crippen molar-refractivity contribution in [2.24, 2.45) is 11.3 Å². The molecule has 2 aromatic carbocycles. The number of halogens is 2. The first-order valence-electron chi connectivity index (χ1n) is 27.0. The second-order valence-corrected chi connectivity index (χ2v) is 29.3. The average Bonchev–Trinajstić information content (AvgIpc) is 3.90. The molecule has 390 valence electrons. The zero-order valence-corrected chi connectivity index (χ0v) is 45.6. The molecule has 1 spiro atoms. The van der Waals surface area contributed by atoms with Gasteiger partial charge in [-0.05, 0) is 156 Å². The third-order valence-electron chi connectivity index (χ3n) is 17.2. The van der Waals surface area contributed by atoms with E-state index in [-0.39, 0.29) is 53.8 Å². The lowest BCUT2D eigenvalue weighted by molar-refractivity contribution is 0.0122. The quantitative estimate of drug-likeness (QED) is 0.0784. The van der Waals surface area contributed by atoms with Crippen LogP contribution in [0.2, 0.25) is 16.6 Å². The molecule has 4 aromatic rings. The predicted octanol–water partition coefficient (Wildman–Crippen LogP) is 11.7. The number of piperazine rings is 1. The largest absolute Gasteiger partial charge is 0.468 e. The number of fused-ring (bicyclic) bond motifs is 4. The fraction of sp³-hybridized carbons (Fsp3) is 0.649. The molecule has 12 nitrogen and oxygen atoms in total. The van der Waals surface area contributed by atoms with Crippen LogP contribution in [-0.2, 0) is 9.47 Å². The number of rotatable bonds is 13. The molecule has 5 aliphatic rings. The molecule has 3 atom stereocenters. The fourth-order valence-corrected chi connectivity index (χ4v) is 18.7. The van der Waals surface area contributed by atoms with Crippen LogP contribution in [0.15, 0.2) is 30.5 Å². The summed E-state index contributed by atoms with van der Waals surface area (Å²) in [6.07, 6.45) is 12.8. The van der Waals surface area contributed by atoms with Gasteiger partial charge in [-0.1, -0.05) is 53.5 Å². The third kappa shape index (κ3) is 10.5. The first-order valence-corrected chi connectivity index (χ1v) is 29.2. The van der Waals surface area contributed by atoms with Gasteiger partial charge in [0, 0.05) is 49.9 Å². The first-order chi connectivity index (χ1) is 34.4. The van der Waals surface area contributed by atoms with Gasteiger partial charge in [0.2, 0.25) is 0 Å². The molecule has 1 amide bonds. The van der Waals surface area contributed by atoms with Crippen LogP contribution >= 0.6 is 0 Å². The van der Waals surface area contributed by atoms with Gasteiger partial charge in [-0.2, -0.15) is 9.97 Å². The summed E-state index contributed by atoms with van der Waals surface area (Å²) in [4.78, 5) is 35.0. The minimum absolute atomic E-state index is 0.0183. The van der Waals surface area contributed by atoms with Gasteiger partial charge in [-0.25, -0.2) is 13.6 Å². The summed E-state index contributed by atoms with van der Waals surface area (Å²) in [6.45, 7) is 24.6. The van der Waals surface area contributed by atoms with Gasteiger partial charge in [-0.15, -0.1) is 5.54 Å². The summed E-state index contributed by atoms with van der Waals surface area (Å²) in [5.41, 5.74) is 5.12. The van der Waals surface area contributed by atoms with Crippen LogP contribution in [0.5, 0.6) is 11.8 Å². The Labute approximate surface area is 427 Å². The van der Waals surface area contributed by atoms with E-state index in [0.29, 0.717) is 80.9 Å². The number of hydrogen-bond donors (Lipinski definition) is 1. The molecule has 1 aliphatic carbocycles. The van der Waals surface area contributed by atoms with Crippen LogP contribution in [-0.4, -0.2) is 122 Å². The molecule has 1 N–H and O–H groups in total. The number of hydrogen-bond acceptors (Lipinski definition) is 11. The number of aromatic nitrogens is 3. The number of pyridine rings is 1. The number of amides is 1. The fourth-order valence-electron chi connectivity index (χ4n) is 13.5. The molecule has 2 unspecified atom stereocenters. The Hall–Kier alpha value is -4.62. The molecule has 9 rings (SSSR count). The monoisotopic (exact) mass is 1010 g/mol. The summed E-state index contributed by atoms with van der Waals surface area (Å²) < 4.78 is 58.4. The molecule has 2 aromatic heterocycles. The third-order valence-corrected chi connectivity index (χ3v) is 23.5. The van der Waals surface area contributed by atoms with Crippen LogP contribution in [0.25, 0.3) is 32.9 Å². The Morgan fingerprint density at radius 2 is 1.61 bits per heavy atom. The highest BCUT2D eigenvalue weighted by molar-refractivity contribution is 6.90. The molecule has 4 saturated heterocycles. The second-order valence-electron chi connectivity index (χ2n) is 23.7. The number of anilines is 1. The Balaban J connectivity index is 1.11. The van der Waals surface area contributed by atoms with Crippen LogP contribution < -0.4 is 19.7 Å². The van der Waals surface area contributed by atoms with Crippen molar-refractivity contribution < 1.29 is 32.5 Å². The Morgan fingerprint density at radius 3 is 2.26 bits per heavy atom. The summed E-state index contributed by atoms with van der Waals surface area (Å²) in [7, 11) is -0.783. The number of ether oxygens (including phenoxy) is 4. The van der Waals surface area contributed by atoms with Crippen molar-refractivity contribution >= 4 is 41.7 Å². The van der Waals surface area contributed by atoms with E-state index in [1.165, 1.54) is 51.7 Å². The average molecular weight is 1010 g/mol. The van der Waals surface area contributed by atoms with Crippen molar-refractivity contribution in [3.63, 3.8) is 0 Å². The van der Waals surface area contributed by atoms with Crippen molar-refractivity contribution in [2.75, 3.05) is 64.7 Å². The van der Waals surface area contributed by atoms with Crippen molar-refractivity contribution in [3.8, 4) is 34.5 Å². The highest BCUT2D eigenvalue weighted by atomic mass is 28.3. The van der Waals surface area contributed by atoms with Crippen LogP contribution in [0, 0.1) is 34.4 Å². The van der Waals surface area contributed by atoms with Gasteiger partial charge in [0.1, 0.15) is 48.9 Å². The molecule has 15 heteroatoms. The van der Waals surface area contributed by atoms with Crippen molar-refractivity contribution in [2.45, 2.75) is 167 Å². The van der Waals surface area contributed by atoms with E-state index < -0.39 is 25.3 Å². The summed E-state index contributed by atoms with van der Waals surface area (Å²) in [6, 6.07) is 6.64. The van der Waals surface area contributed by atoms with Gasteiger partial charge in [0.15, 0.2) is 12.6 Å². The Morgan fingerprint density at radius 1 is 0.917 bits per heavy atom. The van der Waals surface area contributed by atoms with E-state index in [4.69, 9.17) is 33.9 Å². The predicted molar refractivity (Wildman–Crippen MR) is 284 cm³/mol.